The number of halogens is 2. The van der Waals surface area contributed by atoms with Crippen LogP contribution in [0.3, 0.4) is 0 Å². The number of anilines is 2. The minimum atomic E-state index is -0.345. The minimum Gasteiger partial charge on any atom is -0.484 e. The van der Waals surface area contributed by atoms with E-state index in [0.717, 1.165) is 0 Å². The lowest BCUT2D eigenvalue weighted by atomic mass is 10.2. The molecule has 3 rings (SSSR count). The summed E-state index contributed by atoms with van der Waals surface area (Å²) >= 11 is 13.1. The van der Waals surface area contributed by atoms with E-state index in [-0.39, 0.29) is 18.4 Å². The van der Waals surface area contributed by atoms with Crippen molar-refractivity contribution in [2.45, 2.75) is 0 Å². The Hall–Kier alpha value is -2.54. The average molecular weight is 421 g/mol. The smallest absolute Gasteiger partial charge is 0.265 e. The van der Waals surface area contributed by atoms with E-state index in [4.69, 9.17) is 27.9 Å². The van der Waals surface area contributed by atoms with Crippen LogP contribution < -0.4 is 15.4 Å². The average Bonchev–Trinajstić information content (AvgIpc) is 3.18. The second-order valence-electron chi connectivity index (χ2n) is 5.42. The van der Waals surface area contributed by atoms with Gasteiger partial charge in [-0.1, -0.05) is 35.3 Å². The van der Waals surface area contributed by atoms with Crippen molar-refractivity contribution in [2.75, 3.05) is 17.2 Å². The van der Waals surface area contributed by atoms with E-state index in [9.17, 15) is 9.59 Å². The molecule has 0 saturated heterocycles. The molecule has 0 radical (unpaired) electrons. The number of hydrogen-bond donors (Lipinski definition) is 2. The first-order valence-electron chi connectivity index (χ1n) is 7.84. The van der Waals surface area contributed by atoms with Gasteiger partial charge in [0, 0.05) is 17.4 Å². The van der Waals surface area contributed by atoms with Gasteiger partial charge in [-0.25, -0.2) is 0 Å². The van der Waals surface area contributed by atoms with Crippen molar-refractivity contribution in [1.29, 1.82) is 0 Å². The number of hydrogen-bond acceptors (Lipinski definition) is 4. The van der Waals surface area contributed by atoms with Gasteiger partial charge in [-0.2, -0.15) is 0 Å². The third kappa shape index (κ3) is 5.47. The lowest BCUT2D eigenvalue weighted by Gasteiger charge is -2.10. The Morgan fingerprint density at radius 1 is 0.926 bits per heavy atom. The molecule has 138 valence electrons. The summed E-state index contributed by atoms with van der Waals surface area (Å²) in [7, 11) is 0. The van der Waals surface area contributed by atoms with Crippen molar-refractivity contribution in [2.24, 2.45) is 0 Å². The van der Waals surface area contributed by atoms with Gasteiger partial charge in [0.2, 0.25) is 0 Å². The van der Waals surface area contributed by atoms with Crippen molar-refractivity contribution < 1.29 is 14.3 Å². The highest BCUT2D eigenvalue weighted by Crippen LogP contribution is 2.26. The van der Waals surface area contributed by atoms with Gasteiger partial charge in [-0.05, 0) is 41.8 Å². The number of nitrogens with one attached hydrogen (secondary N) is 2. The molecular formula is C19H14Cl2N2O3S. The maximum absolute atomic E-state index is 12.1. The second kappa shape index (κ2) is 8.90. The van der Waals surface area contributed by atoms with E-state index in [1.807, 2.05) is 11.4 Å². The third-order valence-electron chi connectivity index (χ3n) is 3.41. The Kier molecular flexibility index (Phi) is 6.34. The van der Waals surface area contributed by atoms with E-state index in [0.29, 0.717) is 32.0 Å². The van der Waals surface area contributed by atoms with Gasteiger partial charge in [-0.3, -0.25) is 9.59 Å². The zero-order valence-electron chi connectivity index (χ0n) is 13.9. The summed E-state index contributed by atoms with van der Waals surface area (Å²) < 4.78 is 5.40. The van der Waals surface area contributed by atoms with Gasteiger partial charge in [0.1, 0.15) is 5.75 Å². The van der Waals surface area contributed by atoms with E-state index in [2.05, 4.69) is 10.6 Å². The van der Waals surface area contributed by atoms with Crippen LogP contribution in [0.25, 0.3) is 0 Å². The molecule has 8 heteroatoms. The lowest BCUT2D eigenvalue weighted by molar-refractivity contribution is -0.118. The Labute approximate surface area is 169 Å². The molecule has 3 aromatic rings. The molecule has 0 saturated carbocycles. The maximum Gasteiger partial charge on any atom is 0.265 e. The molecule has 0 spiro atoms. The van der Waals surface area contributed by atoms with Gasteiger partial charge in [0.15, 0.2) is 6.61 Å². The van der Waals surface area contributed by atoms with Crippen molar-refractivity contribution in [1.82, 2.24) is 0 Å². The van der Waals surface area contributed by atoms with Crippen LogP contribution in [0.1, 0.15) is 9.67 Å². The molecule has 0 fully saturated rings. The van der Waals surface area contributed by atoms with Gasteiger partial charge in [-0.15, -0.1) is 11.3 Å². The van der Waals surface area contributed by atoms with Crippen molar-refractivity contribution in [3.8, 4) is 5.75 Å². The fraction of sp³-hybridized carbons (Fsp3) is 0.0526. The summed E-state index contributed by atoms with van der Waals surface area (Å²) in [6, 6.07) is 15.2. The van der Waals surface area contributed by atoms with Crippen LogP contribution in [0.4, 0.5) is 11.4 Å². The molecule has 0 atom stereocenters. The monoisotopic (exact) mass is 420 g/mol. The minimum absolute atomic E-state index is 0.191. The second-order valence-corrected chi connectivity index (χ2v) is 7.19. The van der Waals surface area contributed by atoms with E-state index < -0.39 is 0 Å². The quantitative estimate of drug-likeness (QED) is 0.566. The maximum atomic E-state index is 12.1. The summed E-state index contributed by atoms with van der Waals surface area (Å²) in [6.45, 7) is -0.191. The standard InChI is InChI=1S/C19H14Cl2N2O3S/c20-15-7-6-14(10-16(15)21)26-11-18(24)22-12-3-1-4-13(9-12)23-19(25)17-5-2-8-27-17/h1-10H,11H2,(H,22,24)(H,23,25). The topological polar surface area (TPSA) is 67.4 Å². The number of rotatable bonds is 6. The van der Waals surface area contributed by atoms with Crippen molar-refractivity contribution in [3.05, 3.63) is 74.9 Å². The molecule has 0 aliphatic heterocycles. The molecule has 2 aromatic carbocycles. The Bertz CT molecular complexity index is 961. The molecule has 0 aliphatic rings. The first kappa shape index (κ1) is 19.2. The normalized spacial score (nSPS) is 10.3. The number of amides is 2. The first-order chi connectivity index (χ1) is 13.0. The van der Waals surface area contributed by atoms with Crippen LogP contribution >= 0.6 is 34.5 Å². The lowest BCUT2D eigenvalue weighted by Crippen LogP contribution is -2.20. The molecule has 1 aromatic heterocycles. The fourth-order valence-corrected chi connectivity index (χ4v) is 3.09. The van der Waals surface area contributed by atoms with E-state index in [1.165, 1.54) is 17.4 Å². The van der Waals surface area contributed by atoms with E-state index >= 15 is 0 Å². The van der Waals surface area contributed by atoms with Crippen LogP contribution in [-0.2, 0) is 4.79 Å². The largest absolute Gasteiger partial charge is 0.484 e. The third-order valence-corrected chi connectivity index (χ3v) is 5.02. The van der Waals surface area contributed by atoms with Crippen LogP contribution in [0.15, 0.2) is 60.0 Å². The van der Waals surface area contributed by atoms with Crippen LogP contribution in [-0.4, -0.2) is 18.4 Å². The first-order valence-corrected chi connectivity index (χ1v) is 9.47. The van der Waals surface area contributed by atoms with Crippen molar-refractivity contribution >= 4 is 57.7 Å². The molecule has 5 nitrogen and oxygen atoms in total. The van der Waals surface area contributed by atoms with Crippen LogP contribution in [0, 0.1) is 0 Å². The van der Waals surface area contributed by atoms with Gasteiger partial charge >= 0.3 is 0 Å². The van der Waals surface area contributed by atoms with Crippen LogP contribution in [0.5, 0.6) is 5.75 Å². The summed E-state index contributed by atoms with van der Waals surface area (Å²) in [5.74, 6) is -0.101. The number of thiophene rings is 1. The molecule has 2 amide bonds. The zero-order valence-corrected chi connectivity index (χ0v) is 16.2. The molecule has 2 N–H and O–H groups in total. The SMILES string of the molecule is O=C(COc1ccc(Cl)c(Cl)c1)Nc1cccc(NC(=O)c2cccs2)c1. The number of benzene rings is 2. The number of carbonyl (C=O) groups is 2. The Morgan fingerprint density at radius 3 is 2.41 bits per heavy atom. The van der Waals surface area contributed by atoms with Crippen LogP contribution in [0.2, 0.25) is 10.0 Å². The highest BCUT2D eigenvalue weighted by atomic mass is 35.5. The summed E-state index contributed by atoms with van der Waals surface area (Å²) in [5, 5.41) is 8.10. The molecule has 0 aliphatic carbocycles. The molecule has 27 heavy (non-hydrogen) atoms. The summed E-state index contributed by atoms with van der Waals surface area (Å²) in [6.07, 6.45) is 0. The van der Waals surface area contributed by atoms with E-state index in [1.54, 1.807) is 42.5 Å². The Balaban J connectivity index is 1.56. The molecule has 0 unspecified atom stereocenters. The molecule has 0 bridgehead atoms. The van der Waals surface area contributed by atoms with Gasteiger partial charge in [0.05, 0.1) is 14.9 Å². The zero-order chi connectivity index (χ0) is 19.2. The van der Waals surface area contributed by atoms with Gasteiger partial charge in [0.25, 0.3) is 11.8 Å². The Morgan fingerprint density at radius 2 is 1.70 bits per heavy atom. The summed E-state index contributed by atoms with van der Waals surface area (Å²) in [5.41, 5.74) is 1.12. The van der Waals surface area contributed by atoms with Gasteiger partial charge < -0.3 is 15.4 Å². The predicted octanol–water partition coefficient (Wildman–Crippen LogP) is 5.32. The fourth-order valence-electron chi connectivity index (χ4n) is 2.19. The molecule has 1 heterocycles. The molecular weight excluding hydrogens is 407 g/mol. The summed E-state index contributed by atoms with van der Waals surface area (Å²) in [4.78, 5) is 24.8. The predicted molar refractivity (Wildman–Crippen MR) is 109 cm³/mol. The van der Waals surface area contributed by atoms with Crippen molar-refractivity contribution in [3.63, 3.8) is 0 Å². The highest BCUT2D eigenvalue weighted by Gasteiger charge is 2.09. The number of carbonyl (C=O) groups excluding carboxylic acids is 2. The number of ether oxygens (including phenoxy) is 1. The highest BCUT2D eigenvalue weighted by molar-refractivity contribution is 7.12.